The van der Waals surface area contributed by atoms with Crippen LogP contribution in [-0.4, -0.2) is 52.1 Å². The van der Waals surface area contributed by atoms with Crippen molar-refractivity contribution in [2.75, 3.05) is 7.11 Å². The summed E-state index contributed by atoms with van der Waals surface area (Å²) in [7, 11) is 1.65. The van der Waals surface area contributed by atoms with Gasteiger partial charge in [0.05, 0.1) is 12.0 Å². The zero-order valence-electron chi connectivity index (χ0n) is 27.5. The molecule has 2 heterocycles. The number of ether oxygens (including phenoxy) is 1. The van der Waals surface area contributed by atoms with Crippen molar-refractivity contribution in [3.05, 3.63) is 113 Å². The molecular formula is C38H38N4O5S. The van der Waals surface area contributed by atoms with Gasteiger partial charge in [0.2, 0.25) is 5.91 Å². The maximum absolute atomic E-state index is 13.2. The van der Waals surface area contributed by atoms with E-state index in [0.29, 0.717) is 10.7 Å². The van der Waals surface area contributed by atoms with Gasteiger partial charge in [0, 0.05) is 34.8 Å². The third kappa shape index (κ3) is 8.32. The summed E-state index contributed by atoms with van der Waals surface area (Å²) in [6, 6.07) is 25.1. The van der Waals surface area contributed by atoms with Crippen molar-refractivity contribution in [1.82, 2.24) is 20.6 Å². The molecule has 0 fully saturated rings. The van der Waals surface area contributed by atoms with Gasteiger partial charge in [0.15, 0.2) is 5.82 Å². The number of nitrogens with one attached hydrogen (secondary N) is 2. The van der Waals surface area contributed by atoms with Gasteiger partial charge in [-0.2, -0.15) is 0 Å². The molecule has 0 unspecified atom stereocenters. The highest BCUT2D eigenvalue weighted by molar-refractivity contribution is 7.14. The molecule has 246 valence electrons. The average molecular weight is 663 g/mol. The molecular weight excluding hydrogens is 625 g/mol. The van der Waals surface area contributed by atoms with E-state index in [1.54, 1.807) is 25.6 Å². The Morgan fingerprint density at radius 3 is 1.83 bits per heavy atom. The highest BCUT2D eigenvalue weighted by Crippen LogP contribution is 2.30. The standard InChI is InChI=1S/C38H38N4O5S/c1-23(37(45)46)41-35(43)31(42-36(44)32-18-19-33(48-32)38(2,3)4)20-24-6-8-28(9-7-24)34-39-21-29(22-40-34)27-12-10-25(11-13-27)26-14-16-30(47-5)17-15-26/h6-19,21-23,31H,20H2,1-5H3,(H,41,43)(H,42,44)(H,45,46)/t23-,31+/m1/s1. The minimum atomic E-state index is -1.16. The predicted molar refractivity (Wildman–Crippen MR) is 188 cm³/mol. The fourth-order valence-corrected chi connectivity index (χ4v) is 5.93. The summed E-state index contributed by atoms with van der Waals surface area (Å²) < 4.78 is 5.25. The van der Waals surface area contributed by atoms with Crippen LogP contribution < -0.4 is 15.4 Å². The number of aromatic nitrogens is 2. The third-order valence-corrected chi connectivity index (χ3v) is 9.38. The molecule has 3 aromatic carbocycles. The number of benzene rings is 3. The zero-order chi connectivity index (χ0) is 34.4. The lowest BCUT2D eigenvalue weighted by atomic mass is 9.95. The molecule has 0 bridgehead atoms. The van der Waals surface area contributed by atoms with Gasteiger partial charge in [-0.3, -0.25) is 14.4 Å². The van der Waals surface area contributed by atoms with Crippen LogP contribution in [0.15, 0.2) is 97.3 Å². The van der Waals surface area contributed by atoms with E-state index >= 15 is 0 Å². The van der Waals surface area contributed by atoms with Crippen LogP contribution in [-0.2, 0) is 21.4 Å². The topological polar surface area (TPSA) is 131 Å². The highest BCUT2D eigenvalue weighted by Gasteiger charge is 2.26. The van der Waals surface area contributed by atoms with E-state index in [0.717, 1.165) is 44.0 Å². The van der Waals surface area contributed by atoms with Crippen LogP contribution >= 0.6 is 11.3 Å². The van der Waals surface area contributed by atoms with Crippen LogP contribution in [0.4, 0.5) is 0 Å². The fourth-order valence-electron chi connectivity index (χ4n) is 4.97. The Morgan fingerprint density at radius 2 is 1.31 bits per heavy atom. The number of amides is 2. The molecule has 0 radical (unpaired) electrons. The highest BCUT2D eigenvalue weighted by atomic mass is 32.1. The second-order valence-electron chi connectivity index (χ2n) is 12.5. The van der Waals surface area contributed by atoms with E-state index in [4.69, 9.17) is 4.74 Å². The largest absolute Gasteiger partial charge is 0.497 e. The first-order chi connectivity index (χ1) is 22.9. The Balaban J connectivity index is 1.27. The van der Waals surface area contributed by atoms with Crippen molar-refractivity contribution in [2.45, 2.75) is 51.6 Å². The average Bonchev–Trinajstić information content (AvgIpc) is 3.60. The second-order valence-corrected chi connectivity index (χ2v) is 13.6. The molecule has 0 saturated heterocycles. The Kier molecular flexibility index (Phi) is 10.3. The zero-order valence-corrected chi connectivity index (χ0v) is 28.3. The first-order valence-electron chi connectivity index (χ1n) is 15.5. The van der Waals surface area contributed by atoms with Gasteiger partial charge in [-0.15, -0.1) is 11.3 Å². The first-order valence-corrected chi connectivity index (χ1v) is 16.3. The van der Waals surface area contributed by atoms with E-state index in [9.17, 15) is 19.5 Å². The number of methoxy groups -OCH3 is 1. The van der Waals surface area contributed by atoms with E-state index in [1.807, 2.05) is 66.7 Å². The van der Waals surface area contributed by atoms with Crippen molar-refractivity contribution < 1.29 is 24.2 Å². The number of carboxylic acid groups (broad SMARTS) is 1. The van der Waals surface area contributed by atoms with Gasteiger partial charge in [-0.05, 0) is 58.9 Å². The summed E-state index contributed by atoms with van der Waals surface area (Å²) in [6.07, 6.45) is 3.73. The minimum Gasteiger partial charge on any atom is -0.497 e. The number of aliphatic carboxylic acids is 1. The molecule has 2 aromatic heterocycles. The number of hydrogen-bond donors (Lipinski definition) is 3. The molecule has 2 amide bonds. The van der Waals surface area contributed by atoms with Gasteiger partial charge in [0.25, 0.3) is 5.91 Å². The number of hydrogen-bond acceptors (Lipinski definition) is 7. The van der Waals surface area contributed by atoms with E-state index in [2.05, 4.69) is 53.5 Å². The smallest absolute Gasteiger partial charge is 0.325 e. The molecule has 0 aliphatic heterocycles. The molecule has 3 N–H and O–H groups in total. The van der Waals surface area contributed by atoms with Crippen molar-refractivity contribution >= 4 is 29.1 Å². The normalized spacial score (nSPS) is 12.5. The third-order valence-electron chi connectivity index (χ3n) is 7.87. The summed E-state index contributed by atoms with van der Waals surface area (Å²) in [6.45, 7) is 7.58. The molecule has 0 aliphatic carbocycles. The predicted octanol–water partition coefficient (Wildman–Crippen LogP) is 6.78. The molecule has 0 spiro atoms. The molecule has 5 rings (SSSR count). The van der Waals surface area contributed by atoms with E-state index in [-0.39, 0.29) is 17.7 Å². The van der Waals surface area contributed by atoms with Gasteiger partial charge < -0.3 is 20.5 Å². The van der Waals surface area contributed by atoms with Crippen LogP contribution in [0.1, 0.15) is 47.8 Å². The van der Waals surface area contributed by atoms with Crippen LogP contribution in [0.25, 0.3) is 33.6 Å². The van der Waals surface area contributed by atoms with Gasteiger partial charge in [0.1, 0.15) is 17.8 Å². The molecule has 0 aliphatic rings. The van der Waals surface area contributed by atoms with E-state index in [1.165, 1.54) is 18.3 Å². The molecule has 2 atom stereocenters. The number of carboxylic acids is 1. The van der Waals surface area contributed by atoms with Crippen LogP contribution in [0.2, 0.25) is 0 Å². The van der Waals surface area contributed by atoms with Gasteiger partial charge >= 0.3 is 5.97 Å². The Labute approximate surface area is 284 Å². The summed E-state index contributed by atoms with van der Waals surface area (Å²) in [5.41, 5.74) is 5.52. The lowest BCUT2D eigenvalue weighted by Crippen LogP contribution is -2.51. The van der Waals surface area contributed by atoms with Crippen molar-refractivity contribution in [3.8, 4) is 39.4 Å². The Morgan fingerprint density at radius 1 is 0.771 bits per heavy atom. The van der Waals surface area contributed by atoms with Crippen LogP contribution in [0.3, 0.4) is 0 Å². The monoisotopic (exact) mass is 662 g/mol. The van der Waals surface area contributed by atoms with Crippen molar-refractivity contribution in [1.29, 1.82) is 0 Å². The number of carbonyl (C=O) groups is 3. The summed E-state index contributed by atoms with van der Waals surface area (Å²) >= 11 is 1.37. The van der Waals surface area contributed by atoms with Gasteiger partial charge in [-0.25, -0.2) is 9.97 Å². The quantitative estimate of drug-likeness (QED) is 0.142. The van der Waals surface area contributed by atoms with Crippen molar-refractivity contribution in [2.24, 2.45) is 0 Å². The second kappa shape index (κ2) is 14.6. The maximum Gasteiger partial charge on any atom is 0.325 e. The SMILES string of the molecule is COc1ccc(-c2ccc(-c3cnc(-c4ccc(C[C@H](NC(=O)c5ccc(C(C)(C)C)s5)C(=O)N[C@H](C)C(=O)O)cc4)nc3)cc2)cc1. The summed E-state index contributed by atoms with van der Waals surface area (Å²) in [5, 5.41) is 14.6. The number of carbonyl (C=O) groups excluding carboxylic acids is 2. The molecule has 5 aromatic rings. The van der Waals surface area contributed by atoms with Crippen molar-refractivity contribution in [3.63, 3.8) is 0 Å². The molecule has 10 heteroatoms. The fraction of sp³-hybridized carbons (Fsp3) is 0.237. The number of nitrogens with zero attached hydrogens (tertiary/aromatic N) is 2. The summed E-state index contributed by atoms with van der Waals surface area (Å²) in [5.74, 6) is -0.771. The number of rotatable bonds is 11. The molecule has 48 heavy (non-hydrogen) atoms. The maximum atomic E-state index is 13.2. The first kappa shape index (κ1) is 34.0. The van der Waals surface area contributed by atoms with Gasteiger partial charge in [-0.1, -0.05) is 81.4 Å². The lowest BCUT2D eigenvalue weighted by Gasteiger charge is -2.20. The summed E-state index contributed by atoms with van der Waals surface area (Å²) in [4.78, 5) is 48.4. The molecule has 9 nitrogen and oxygen atoms in total. The number of thiophene rings is 1. The molecule has 0 saturated carbocycles. The van der Waals surface area contributed by atoms with Crippen LogP contribution in [0, 0.1) is 0 Å². The minimum absolute atomic E-state index is 0.118. The van der Waals surface area contributed by atoms with Crippen LogP contribution in [0.5, 0.6) is 5.75 Å². The Bertz CT molecular complexity index is 1880. The van der Waals surface area contributed by atoms with E-state index < -0.39 is 24.0 Å². The lowest BCUT2D eigenvalue weighted by molar-refractivity contribution is -0.141. The Hall–Kier alpha value is -5.35.